The van der Waals surface area contributed by atoms with E-state index in [1.165, 1.54) is 11.1 Å². The second-order valence-electron chi connectivity index (χ2n) is 6.76. The van der Waals surface area contributed by atoms with Gasteiger partial charge in [-0.05, 0) is 66.6 Å². The van der Waals surface area contributed by atoms with E-state index in [-0.39, 0.29) is 18.3 Å². The smallest absolute Gasteiger partial charge is 0.338 e. The summed E-state index contributed by atoms with van der Waals surface area (Å²) in [4.78, 5) is 36.0. The molecular weight excluding hydrogens is 330 g/mol. The van der Waals surface area contributed by atoms with E-state index in [9.17, 15) is 14.4 Å². The second-order valence-corrected chi connectivity index (χ2v) is 6.76. The Kier molecular flexibility index (Phi) is 4.29. The lowest BCUT2D eigenvalue weighted by Gasteiger charge is -2.17. The van der Waals surface area contributed by atoms with Crippen molar-refractivity contribution in [2.45, 2.75) is 32.1 Å². The van der Waals surface area contributed by atoms with Gasteiger partial charge >= 0.3 is 5.97 Å². The number of ether oxygens (including phenoxy) is 1. The first-order chi connectivity index (χ1) is 12.6. The molecule has 0 fully saturated rings. The van der Waals surface area contributed by atoms with Crippen molar-refractivity contribution in [3.8, 4) is 0 Å². The van der Waals surface area contributed by atoms with Crippen molar-refractivity contribution in [1.29, 1.82) is 0 Å². The number of carbonyl (C=O) groups excluding carboxylic acids is 3. The largest absolute Gasteiger partial charge is 0.454 e. The number of benzene rings is 2. The summed E-state index contributed by atoms with van der Waals surface area (Å²) in [5, 5.41) is 2.77. The third-order valence-corrected chi connectivity index (χ3v) is 4.99. The predicted octanol–water partition coefficient (Wildman–Crippen LogP) is 3.10. The summed E-state index contributed by atoms with van der Waals surface area (Å²) in [6.07, 6.45) is 4.19. The number of esters is 1. The van der Waals surface area contributed by atoms with E-state index in [2.05, 4.69) is 5.32 Å². The first-order valence-corrected chi connectivity index (χ1v) is 8.85. The lowest BCUT2D eigenvalue weighted by atomic mass is 10.0. The molecule has 0 radical (unpaired) electrons. The molecule has 1 aliphatic carbocycles. The normalized spacial score (nSPS) is 15.0. The van der Waals surface area contributed by atoms with Crippen LogP contribution in [-0.4, -0.2) is 24.3 Å². The molecule has 2 aliphatic rings. The summed E-state index contributed by atoms with van der Waals surface area (Å²) in [6, 6.07) is 10.7. The van der Waals surface area contributed by atoms with Gasteiger partial charge in [-0.25, -0.2) is 4.79 Å². The number of ketones is 1. The van der Waals surface area contributed by atoms with E-state index in [1.54, 1.807) is 18.2 Å². The molecule has 0 saturated carbocycles. The van der Waals surface area contributed by atoms with Gasteiger partial charge in [-0.15, -0.1) is 0 Å². The number of rotatable bonds is 4. The van der Waals surface area contributed by atoms with Crippen molar-refractivity contribution in [1.82, 2.24) is 0 Å². The summed E-state index contributed by atoms with van der Waals surface area (Å²) in [7, 11) is 0. The fourth-order valence-corrected chi connectivity index (χ4v) is 3.55. The number of hydrogen-bond donors (Lipinski definition) is 1. The maximum atomic E-state index is 12.3. The van der Waals surface area contributed by atoms with Crippen molar-refractivity contribution in [3.63, 3.8) is 0 Å². The number of aryl methyl sites for hydroxylation is 3. The summed E-state index contributed by atoms with van der Waals surface area (Å²) in [5.74, 6) is -0.745. The van der Waals surface area contributed by atoms with Gasteiger partial charge in [-0.1, -0.05) is 12.1 Å². The molecule has 0 atom stereocenters. The monoisotopic (exact) mass is 349 g/mol. The number of nitrogens with one attached hydrogen (secondary N) is 1. The minimum atomic E-state index is -0.529. The number of hydrogen-bond acceptors (Lipinski definition) is 4. The zero-order valence-corrected chi connectivity index (χ0v) is 14.3. The molecule has 1 N–H and O–H groups in total. The Morgan fingerprint density at radius 3 is 2.54 bits per heavy atom. The van der Waals surface area contributed by atoms with Crippen LogP contribution in [0.15, 0.2) is 36.4 Å². The zero-order chi connectivity index (χ0) is 18.1. The van der Waals surface area contributed by atoms with E-state index in [4.69, 9.17) is 4.74 Å². The van der Waals surface area contributed by atoms with E-state index in [1.807, 2.05) is 18.2 Å². The van der Waals surface area contributed by atoms with Crippen molar-refractivity contribution >= 4 is 23.3 Å². The Balaban J connectivity index is 1.41. The van der Waals surface area contributed by atoms with Crippen LogP contribution < -0.4 is 5.32 Å². The molecule has 2 aromatic rings. The first kappa shape index (κ1) is 16.5. The summed E-state index contributed by atoms with van der Waals surface area (Å²) >= 11 is 0. The molecule has 0 bridgehead atoms. The molecule has 4 rings (SSSR count). The van der Waals surface area contributed by atoms with E-state index < -0.39 is 5.97 Å². The lowest BCUT2D eigenvalue weighted by molar-refractivity contribution is -0.116. The third kappa shape index (κ3) is 3.25. The molecule has 5 heteroatoms. The molecular formula is C21H19NO4. The number of fused-ring (bicyclic) bond motifs is 2. The van der Waals surface area contributed by atoms with Gasteiger partial charge in [0.25, 0.3) is 0 Å². The SMILES string of the molecule is O=C1CCc2cc(C(=O)OCC(=O)c3ccc4c(c3)CCC4)ccc2N1. The van der Waals surface area contributed by atoms with Crippen LogP contribution in [0.5, 0.6) is 0 Å². The molecule has 0 unspecified atom stereocenters. The van der Waals surface area contributed by atoms with Crippen LogP contribution in [0, 0.1) is 0 Å². The summed E-state index contributed by atoms with van der Waals surface area (Å²) in [6.45, 7) is -0.272. The van der Waals surface area contributed by atoms with E-state index in [0.29, 0.717) is 24.0 Å². The maximum Gasteiger partial charge on any atom is 0.338 e. The summed E-state index contributed by atoms with van der Waals surface area (Å²) < 4.78 is 5.20. The Morgan fingerprint density at radius 2 is 1.65 bits per heavy atom. The number of Topliss-reactive ketones (excluding diaryl/α,β-unsaturated/α-hetero) is 1. The van der Waals surface area contributed by atoms with Crippen molar-refractivity contribution in [2.75, 3.05) is 11.9 Å². The van der Waals surface area contributed by atoms with Crippen LogP contribution >= 0.6 is 0 Å². The fraction of sp³-hybridized carbons (Fsp3) is 0.286. The van der Waals surface area contributed by atoms with Gasteiger partial charge in [-0.2, -0.15) is 0 Å². The number of carbonyl (C=O) groups is 3. The predicted molar refractivity (Wildman–Crippen MR) is 96.5 cm³/mol. The topological polar surface area (TPSA) is 72.5 Å². The van der Waals surface area contributed by atoms with E-state index >= 15 is 0 Å². The molecule has 0 saturated heterocycles. The Bertz CT molecular complexity index is 916. The van der Waals surface area contributed by atoms with Crippen LogP contribution in [0.1, 0.15) is 50.2 Å². The molecule has 0 aromatic heterocycles. The minimum absolute atomic E-state index is 0.0206. The van der Waals surface area contributed by atoms with Gasteiger partial charge in [0.1, 0.15) is 0 Å². The molecule has 132 valence electrons. The molecule has 5 nitrogen and oxygen atoms in total. The molecule has 26 heavy (non-hydrogen) atoms. The molecule has 0 spiro atoms. The summed E-state index contributed by atoms with van der Waals surface area (Å²) in [5.41, 5.74) is 5.14. The highest BCUT2D eigenvalue weighted by Gasteiger charge is 2.19. The van der Waals surface area contributed by atoms with Gasteiger partial charge in [0.15, 0.2) is 12.4 Å². The highest BCUT2D eigenvalue weighted by atomic mass is 16.5. The molecule has 1 heterocycles. The minimum Gasteiger partial charge on any atom is -0.454 e. The Labute approximate surface area is 151 Å². The Morgan fingerprint density at radius 1 is 0.885 bits per heavy atom. The Hall–Kier alpha value is -2.95. The van der Waals surface area contributed by atoms with E-state index in [0.717, 1.165) is 30.5 Å². The molecule has 2 aromatic carbocycles. The highest BCUT2D eigenvalue weighted by Crippen LogP contribution is 2.25. The van der Waals surface area contributed by atoms with Gasteiger partial charge in [0, 0.05) is 17.7 Å². The average molecular weight is 349 g/mol. The average Bonchev–Trinajstić information content (AvgIpc) is 3.13. The quantitative estimate of drug-likeness (QED) is 0.680. The van der Waals surface area contributed by atoms with Crippen LogP contribution in [0.25, 0.3) is 0 Å². The number of amides is 1. The lowest BCUT2D eigenvalue weighted by Crippen LogP contribution is -2.20. The van der Waals surface area contributed by atoms with Crippen molar-refractivity contribution in [3.05, 3.63) is 64.2 Å². The first-order valence-electron chi connectivity index (χ1n) is 8.85. The zero-order valence-electron chi connectivity index (χ0n) is 14.3. The second kappa shape index (κ2) is 6.75. The van der Waals surface area contributed by atoms with Crippen LogP contribution in [-0.2, 0) is 28.8 Å². The molecule has 1 amide bonds. The number of anilines is 1. The van der Waals surface area contributed by atoms with Gasteiger partial charge in [0.2, 0.25) is 5.91 Å². The van der Waals surface area contributed by atoms with Crippen molar-refractivity contribution < 1.29 is 19.1 Å². The highest BCUT2D eigenvalue weighted by molar-refractivity contribution is 6.00. The fourth-order valence-electron chi connectivity index (χ4n) is 3.55. The third-order valence-electron chi connectivity index (χ3n) is 4.99. The van der Waals surface area contributed by atoms with Gasteiger partial charge in [0.05, 0.1) is 5.56 Å². The molecule has 1 aliphatic heterocycles. The van der Waals surface area contributed by atoms with Crippen LogP contribution in [0.2, 0.25) is 0 Å². The standard InChI is InChI=1S/C21H19NO4/c23-19(16-5-4-13-2-1-3-14(13)10-16)12-26-21(25)17-6-8-18-15(11-17)7-9-20(24)22-18/h4-6,8,10-11H,1-3,7,9,12H2,(H,22,24). The van der Waals surface area contributed by atoms with Crippen LogP contribution in [0.4, 0.5) is 5.69 Å². The van der Waals surface area contributed by atoms with Crippen molar-refractivity contribution in [2.24, 2.45) is 0 Å². The van der Waals surface area contributed by atoms with Gasteiger partial charge < -0.3 is 10.1 Å². The van der Waals surface area contributed by atoms with Crippen LogP contribution in [0.3, 0.4) is 0 Å². The van der Waals surface area contributed by atoms with Gasteiger partial charge in [-0.3, -0.25) is 9.59 Å². The maximum absolute atomic E-state index is 12.3.